The van der Waals surface area contributed by atoms with Gasteiger partial charge in [0.1, 0.15) is 0 Å². The lowest BCUT2D eigenvalue weighted by Crippen LogP contribution is -2.49. The molecule has 5 heteroatoms. The van der Waals surface area contributed by atoms with Crippen LogP contribution in [0.1, 0.15) is 25.3 Å². The lowest BCUT2D eigenvalue weighted by Gasteiger charge is -2.38. The normalized spacial score (nSPS) is 18.1. The van der Waals surface area contributed by atoms with E-state index in [9.17, 15) is 14.7 Å². The number of amides is 1. The van der Waals surface area contributed by atoms with Crippen molar-refractivity contribution in [1.82, 2.24) is 10.2 Å². The fourth-order valence-corrected chi connectivity index (χ4v) is 2.93. The molecule has 114 valence electrons. The molecule has 2 rings (SSSR count). The first-order valence-electron chi connectivity index (χ1n) is 7.36. The SMILES string of the molecule is CCNC(=O)CN1CCC(C(=O)O)(c2ccccc2)CC1. The number of hydrogen-bond acceptors (Lipinski definition) is 3. The van der Waals surface area contributed by atoms with E-state index in [1.807, 2.05) is 42.2 Å². The van der Waals surface area contributed by atoms with E-state index in [-0.39, 0.29) is 5.91 Å². The Labute approximate surface area is 125 Å². The Balaban J connectivity index is 2.05. The van der Waals surface area contributed by atoms with Crippen LogP contribution in [0.15, 0.2) is 30.3 Å². The number of carbonyl (C=O) groups is 2. The fourth-order valence-electron chi connectivity index (χ4n) is 2.93. The molecule has 0 bridgehead atoms. The minimum atomic E-state index is -0.820. The van der Waals surface area contributed by atoms with Gasteiger partial charge in [-0.05, 0) is 25.3 Å². The van der Waals surface area contributed by atoms with E-state index in [1.165, 1.54) is 0 Å². The number of rotatable bonds is 5. The van der Waals surface area contributed by atoms with Crippen molar-refractivity contribution in [3.8, 4) is 0 Å². The number of likely N-dealkylation sites (N-methyl/N-ethyl adjacent to an activating group) is 1. The Morgan fingerprint density at radius 1 is 1.24 bits per heavy atom. The standard InChI is InChI=1S/C16H22N2O3/c1-2-17-14(19)12-18-10-8-16(9-11-18,15(20)21)13-6-4-3-5-7-13/h3-7H,2,8-12H2,1H3,(H,17,19)(H,20,21). The van der Waals surface area contributed by atoms with Crippen molar-refractivity contribution in [1.29, 1.82) is 0 Å². The van der Waals surface area contributed by atoms with Crippen LogP contribution in [-0.2, 0) is 15.0 Å². The average molecular weight is 290 g/mol. The van der Waals surface area contributed by atoms with Gasteiger partial charge in [0, 0.05) is 19.6 Å². The number of carboxylic acid groups (broad SMARTS) is 1. The second-order valence-corrected chi connectivity index (χ2v) is 5.48. The van der Waals surface area contributed by atoms with Crippen molar-refractivity contribution in [2.75, 3.05) is 26.2 Å². The van der Waals surface area contributed by atoms with Gasteiger partial charge in [0.05, 0.1) is 12.0 Å². The first-order valence-corrected chi connectivity index (χ1v) is 7.36. The number of likely N-dealkylation sites (tertiary alicyclic amines) is 1. The molecule has 1 amide bonds. The molecule has 1 aromatic carbocycles. The van der Waals surface area contributed by atoms with Crippen LogP contribution in [-0.4, -0.2) is 48.1 Å². The molecule has 0 atom stereocenters. The highest BCUT2D eigenvalue weighted by Crippen LogP contribution is 2.35. The molecular weight excluding hydrogens is 268 g/mol. The fraction of sp³-hybridized carbons (Fsp3) is 0.500. The number of aliphatic carboxylic acids is 1. The van der Waals surface area contributed by atoms with Crippen LogP contribution in [0.2, 0.25) is 0 Å². The Morgan fingerprint density at radius 2 is 1.86 bits per heavy atom. The Kier molecular flexibility index (Phi) is 4.96. The minimum Gasteiger partial charge on any atom is -0.481 e. The van der Waals surface area contributed by atoms with Gasteiger partial charge in [0.2, 0.25) is 5.91 Å². The summed E-state index contributed by atoms with van der Waals surface area (Å²) in [4.78, 5) is 25.4. The predicted molar refractivity (Wildman–Crippen MR) is 80.1 cm³/mol. The molecule has 1 heterocycles. The van der Waals surface area contributed by atoms with Gasteiger partial charge in [0.25, 0.3) is 0 Å². The van der Waals surface area contributed by atoms with Gasteiger partial charge in [-0.2, -0.15) is 0 Å². The van der Waals surface area contributed by atoms with Crippen molar-refractivity contribution in [3.05, 3.63) is 35.9 Å². The molecule has 1 aromatic rings. The number of nitrogens with zero attached hydrogens (tertiary/aromatic N) is 1. The number of piperidine rings is 1. The van der Waals surface area contributed by atoms with Crippen molar-refractivity contribution in [2.24, 2.45) is 0 Å². The van der Waals surface area contributed by atoms with Gasteiger partial charge in [0.15, 0.2) is 0 Å². The van der Waals surface area contributed by atoms with E-state index in [0.29, 0.717) is 39.0 Å². The number of nitrogens with one attached hydrogen (secondary N) is 1. The van der Waals surface area contributed by atoms with Gasteiger partial charge in [-0.3, -0.25) is 14.5 Å². The highest BCUT2D eigenvalue weighted by Gasteiger charge is 2.43. The van der Waals surface area contributed by atoms with E-state index < -0.39 is 11.4 Å². The molecular formula is C16H22N2O3. The van der Waals surface area contributed by atoms with E-state index in [0.717, 1.165) is 5.56 Å². The third-order valence-corrected chi connectivity index (χ3v) is 4.19. The zero-order valence-corrected chi connectivity index (χ0v) is 12.3. The van der Waals surface area contributed by atoms with Crippen molar-refractivity contribution < 1.29 is 14.7 Å². The van der Waals surface area contributed by atoms with E-state index in [2.05, 4.69) is 5.32 Å². The highest BCUT2D eigenvalue weighted by atomic mass is 16.4. The third kappa shape index (κ3) is 3.42. The average Bonchev–Trinajstić information content (AvgIpc) is 2.49. The van der Waals surface area contributed by atoms with Crippen LogP contribution in [0.4, 0.5) is 0 Å². The summed E-state index contributed by atoms with van der Waals surface area (Å²) in [5.74, 6) is -0.772. The molecule has 1 aliphatic rings. The van der Waals surface area contributed by atoms with Gasteiger partial charge in [-0.25, -0.2) is 0 Å². The van der Waals surface area contributed by atoms with Crippen LogP contribution in [0.5, 0.6) is 0 Å². The van der Waals surface area contributed by atoms with Gasteiger partial charge < -0.3 is 10.4 Å². The molecule has 21 heavy (non-hydrogen) atoms. The van der Waals surface area contributed by atoms with Crippen molar-refractivity contribution in [2.45, 2.75) is 25.2 Å². The quantitative estimate of drug-likeness (QED) is 0.856. The van der Waals surface area contributed by atoms with Crippen LogP contribution >= 0.6 is 0 Å². The molecule has 1 aliphatic heterocycles. The molecule has 0 unspecified atom stereocenters. The van der Waals surface area contributed by atoms with Crippen LogP contribution < -0.4 is 5.32 Å². The lowest BCUT2D eigenvalue weighted by atomic mass is 9.73. The first kappa shape index (κ1) is 15.5. The maximum Gasteiger partial charge on any atom is 0.314 e. The monoisotopic (exact) mass is 290 g/mol. The summed E-state index contributed by atoms with van der Waals surface area (Å²) in [6.07, 6.45) is 1.07. The first-order chi connectivity index (χ1) is 10.1. The van der Waals surface area contributed by atoms with Gasteiger partial charge in [-0.1, -0.05) is 30.3 Å². The number of benzene rings is 1. The molecule has 0 spiro atoms. The summed E-state index contributed by atoms with van der Waals surface area (Å²) in [6, 6.07) is 9.41. The summed E-state index contributed by atoms with van der Waals surface area (Å²) in [7, 11) is 0. The minimum absolute atomic E-state index is 0.0000334. The summed E-state index contributed by atoms with van der Waals surface area (Å²) >= 11 is 0. The Morgan fingerprint density at radius 3 is 2.38 bits per heavy atom. The number of carboxylic acids is 1. The predicted octanol–water partition coefficient (Wildman–Crippen LogP) is 1.24. The van der Waals surface area contributed by atoms with Gasteiger partial charge in [-0.15, -0.1) is 0 Å². The van der Waals surface area contributed by atoms with Crippen molar-refractivity contribution >= 4 is 11.9 Å². The summed E-state index contributed by atoms with van der Waals surface area (Å²) in [5.41, 5.74) is 0.0362. The van der Waals surface area contributed by atoms with Crippen LogP contribution in [0, 0.1) is 0 Å². The number of carbonyl (C=O) groups excluding carboxylic acids is 1. The third-order valence-electron chi connectivity index (χ3n) is 4.19. The zero-order valence-electron chi connectivity index (χ0n) is 12.3. The van der Waals surface area contributed by atoms with Crippen LogP contribution in [0.25, 0.3) is 0 Å². The smallest absolute Gasteiger partial charge is 0.314 e. The summed E-state index contributed by atoms with van der Waals surface area (Å²) < 4.78 is 0. The Hall–Kier alpha value is -1.88. The molecule has 5 nitrogen and oxygen atoms in total. The zero-order chi connectivity index (χ0) is 15.3. The molecule has 0 aromatic heterocycles. The molecule has 0 radical (unpaired) electrons. The summed E-state index contributed by atoms with van der Waals surface area (Å²) in [6.45, 7) is 4.10. The maximum atomic E-state index is 11.8. The second-order valence-electron chi connectivity index (χ2n) is 5.48. The van der Waals surface area contributed by atoms with E-state index in [4.69, 9.17) is 0 Å². The molecule has 1 saturated heterocycles. The van der Waals surface area contributed by atoms with Crippen molar-refractivity contribution in [3.63, 3.8) is 0 Å². The molecule has 0 saturated carbocycles. The largest absolute Gasteiger partial charge is 0.481 e. The number of hydrogen-bond donors (Lipinski definition) is 2. The second kappa shape index (κ2) is 6.72. The van der Waals surface area contributed by atoms with Crippen LogP contribution in [0.3, 0.4) is 0 Å². The molecule has 1 fully saturated rings. The summed E-state index contributed by atoms with van der Waals surface area (Å²) in [5, 5.41) is 12.5. The Bertz CT molecular complexity index is 494. The topological polar surface area (TPSA) is 69.6 Å². The maximum absolute atomic E-state index is 11.8. The lowest BCUT2D eigenvalue weighted by molar-refractivity contribution is -0.146. The van der Waals surface area contributed by atoms with E-state index >= 15 is 0 Å². The molecule has 0 aliphatic carbocycles. The van der Waals surface area contributed by atoms with E-state index in [1.54, 1.807) is 0 Å². The highest BCUT2D eigenvalue weighted by molar-refractivity contribution is 5.82. The molecule has 2 N–H and O–H groups in total. The van der Waals surface area contributed by atoms with Gasteiger partial charge >= 0.3 is 5.97 Å².